The van der Waals surface area contributed by atoms with Crippen LogP contribution in [-0.2, 0) is 4.79 Å². The Hall–Kier alpha value is -0.830. The SMILES string of the molecule is O=C(O)/C=C/CN1CC2CCC1C2. The molecule has 0 amide bonds. The van der Waals surface area contributed by atoms with Crippen LogP contribution >= 0.6 is 0 Å². The quantitative estimate of drug-likeness (QED) is 0.663. The van der Waals surface area contributed by atoms with Gasteiger partial charge >= 0.3 is 5.97 Å². The fourth-order valence-corrected chi connectivity index (χ4v) is 2.54. The second-order valence-corrected chi connectivity index (χ2v) is 4.03. The Morgan fingerprint density at radius 3 is 2.92 bits per heavy atom. The maximum Gasteiger partial charge on any atom is 0.328 e. The summed E-state index contributed by atoms with van der Waals surface area (Å²) >= 11 is 0. The standard InChI is InChI=1S/C10H15NO2/c12-10(13)2-1-5-11-7-8-3-4-9(11)6-8/h1-2,8-9H,3-7H2,(H,12,13)/b2-1+. The zero-order chi connectivity index (χ0) is 9.26. The summed E-state index contributed by atoms with van der Waals surface area (Å²) in [6.07, 6.45) is 7.02. The summed E-state index contributed by atoms with van der Waals surface area (Å²) in [5, 5.41) is 8.41. The highest BCUT2D eigenvalue weighted by atomic mass is 16.4. The Kier molecular flexibility index (Phi) is 2.36. The zero-order valence-corrected chi connectivity index (χ0v) is 7.65. The molecule has 1 saturated carbocycles. The smallest absolute Gasteiger partial charge is 0.328 e. The molecule has 2 atom stereocenters. The van der Waals surface area contributed by atoms with Crippen molar-refractivity contribution < 1.29 is 9.90 Å². The topological polar surface area (TPSA) is 40.5 Å². The van der Waals surface area contributed by atoms with E-state index in [1.54, 1.807) is 6.08 Å². The Morgan fingerprint density at radius 1 is 1.54 bits per heavy atom. The fraction of sp³-hybridized carbons (Fsp3) is 0.700. The van der Waals surface area contributed by atoms with E-state index < -0.39 is 5.97 Å². The van der Waals surface area contributed by atoms with Gasteiger partial charge in [0.15, 0.2) is 0 Å². The number of likely N-dealkylation sites (tertiary alicyclic amines) is 1. The third-order valence-corrected chi connectivity index (χ3v) is 3.12. The molecular weight excluding hydrogens is 166 g/mol. The molecule has 3 nitrogen and oxygen atoms in total. The van der Waals surface area contributed by atoms with Crippen LogP contribution in [-0.4, -0.2) is 35.1 Å². The molecule has 0 aromatic rings. The van der Waals surface area contributed by atoms with Gasteiger partial charge in [0.2, 0.25) is 0 Å². The number of hydrogen-bond donors (Lipinski definition) is 1. The summed E-state index contributed by atoms with van der Waals surface area (Å²) in [4.78, 5) is 12.6. The molecule has 2 rings (SSSR count). The van der Waals surface area contributed by atoms with Gasteiger partial charge in [-0.1, -0.05) is 6.08 Å². The number of carboxylic acids is 1. The lowest BCUT2D eigenvalue weighted by Gasteiger charge is -2.24. The van der Waals surface area contributed by atoms with E-state index in [1.807, 2.05) is 0 Å². The van der Waals surface area contributed by atoms with E-state index in [1.165, 1.54) is 31.9 Å². The van der Waals surface area contributed by atoms with Crippen molar-refractivity contribution in [2.24, 2.45) is 5.92 Å². The zero-order valence-electron chi connectivity index (χ0n) is 7.65. The highest BCUT2D eigenvalue weighted by Crippen LogP contribution is 2.36. The van der Waals surface area contributed by atoms with Gasteiger partial charge in [-0.2, -0.15) is 0 Å². The number of hydrogen-bond acceptors (Lipinski definition) is 2. The van der Waals surface area contributed by atoms with Gasteiger partial charge in [-0.3, -0.25) is 4.90 Å². The largest absolute Gasteiger partial charge is 0.478 e. The molecule has 13 heavy (non-hydrogen) atoms. The van der Waals surface area contributed by atoms with Crippen LogP contribution in [0.2, 0.25) is 0 Å². The number of piperidine rings is 1. The number of rotatable bonds is 3. The second-order valence-electron chi connectivity index (χ2n) is 4.03. The number of fused-ring (bicyclic) bond motifs is 2. The third-order valence-electron chi connectivity index (χ3n) is 3.12. The molecular formula is C10H15NO2. The fourth-order valence-electron chi connectivity index (χ4n) is 2.54. The first-order chi connectivity index (χ1) is 6.25. The Morgan fingerprint density at radius 2 is 2.38 bits per heavy atom. The molecule has 0 radical (unpaired) electrons. The molecule has 2 unspecified atom stereocenters. The summed E-state index contributed by atoms with van der Waals surface area (Å²) < 4.78 is 0. The molecule has 2 bridgehead atoms. The summed E-state index contributed by atoms with van der Waals surface area (Å²) in [5.74, 6) is 0.0487. The Balaban J connectivity index is 1.80. The third kappa shape index (κ3) is 1.91. The van der Waals surface area contributed by atoms with Crippen LogP contribution in [0.5, 0.6) is 0 Å². The summed E-state index contributed by atoms with van der Waals surface area (Å²) in [5.41, 5.74) is 0. The highest BCUT2D eigenvalue weighted by Gasteiger charge is 2.36. The van der Waals surface area contributed by atoms with Crippen molar-refractivity contribution in [1.82, 2.24) is 4.90 Å². The monoisotopic (exact) mass is 181 g/mol. The van der Waals surface area contributed by atoms with Crippen LogP contribution < -0.4 is 0 Å². The van der Waals surface area contributed by atoms with Gasteiger partial charge in [0.25, 0.3) is 0 Å². The van der Waals surface area contributed by atoms with Crippen LogP contribution in [0.3, 0.4) is 0 Å². The molecule has 0 aromatic heterocycles. The maximum atomic E-state index is 10.2. The summed E-state index contributed by atoms with van der Waals surface area (Å²) in [7, 11) is 0. The minimum absolute atomic E-state index is 0.739. The van der Waals surface area contributed by atoms with Crippen molar-refractivity contribution >= 4 is 5.97 Å². The van der Waals surface area contributed by atoms with Crippen molar-refractivity contribution in [3.8, 4) is 0 Å². The van der Waals surface area contributed by atoms with E-state index in [9.17, 15) is 4.79 Å². The van der Waals surface area contributed by atoms with Gasteiger partial charge in [0.1, 0.15) is 0 Å². The van der Waals surface area contributed by atoms with E-state index in [0.29, 0.717) is 0 Å². The molecule has 1 heterocycles. The lowest BCUT2D eigenvalue weighted by Crippen LogP contribution is -2.32. The number of carboxylic acid groups (broad SMARTS) is 1. The van der Waals surface area contributed by atoms with Crippen molar-refractivity contribution in [3.63, 3.8) is 0 Å². The number of carbonyl (C=O) groups is 1. The van der Waals surface area contributed by atoms with Crippen LogP contribution in [0.25, 0.3) is 0 Å². The molecule has 2 aliphatic rings. The predicted octanol–water partition coefficient (Wildman–Crippen LogP) is 1.11. The van der Waals surface area contributed by atoms with Gasteiger partial charge < -0.3 is 5.11 Å². The average molecular weight is 181 g/mol. The number of aliphatic carboxylic acids is 1. The minimum Gasteiger partial charge on any atom is -0.478 e. The molecule has 2 fully saturated rings. The molecule has 1 aliphatic heterocycles. The molecule has 3 heteroatoms. The molecule has 72 valence electrons. The first-order valence-corrected chi connectivity index (χ1v) is 4.89. The van der Waals surface area contributed by atoms with E-state index in [4.69, 9.17) is 5.11 Å². The minimum atomic E-state index is -0.843. The molecule has 1 N–H and O–H groups in total. The first kappa shape index (κ1) is 8.75. The average Bonchev–Trinajstić information content (AvgIpc) is 2.64. The van der Waals surface area contributed by atoms with E-state index >= 15 is 0 Å². The summed E-state index contributed by atoms with van der Waals surface area (Å²) in [6.45, 7) is 1.99. The first-order valence-electron chi connectivity index (χ1n) is 4.89. The molecule has 0 spiro atoms. The van der Waals surface area contributed by atoms with Crippen LogP contribution in [0.15, 0.2) is 12.2 Å². The predicted molar refractivity (Wildman–Crippen MR) is 49.5 cm³/mol. The van der Waals surface area contributed by atoms with Gasteiger partial charge in [-0.05, 0) is 25.2 Å². The lowest BCUT2D eigenvalue weighted by atomic mass is 10.1. The van der Waals surface area contributed by atoms with Crippen molar-refractivity contribution in [1.29, 1.82) is 0 Å². The lowest BCUT2D eigenvalue weighted by molar-refractivity contribution is -0.131. The van der Waals surface area contributed by atoms with Gasteiger partial charge in [-0.15, -0.1) is 0 Å². The van der Waals surface area contributed by atoms with Gasteiger partial charge in [0, 0.05) is 25.2 Å². The normalized spacial score (nSPS) is 33.2. The van der Waals surface area contributed by atoms with Crippen LogP contribution in [0.4, 0.5) is 0 Å². The van der Waals surface area contributed by atoms with E-state index in [0.717, 1.165) is 18.5 Å². The van der Waals surface area contributed by atoms with E-state index in [-0.39, 0.29) is 0 Å². The molecule has 1 saturated heterocycles. The second kappa shape index (κ2) is 3.50. The van der Waals surface area contributed by atoms with Gasteiger partial charge in [0.05, 0.1) is 0 Å². The molecule has 1 aliphatic carbocycles. The van der Waals surface area contributed by atoms with Gasteiger partial charge in [-0.25, -0.2) is 4.79 Å². The van der Waals surface area contributed by atoms with Crippen molar-refractivity contribution in [2.45, 2.75) is 25.3 Å². The molecule has 0 aromatic carbocycles. The summed E-state index contributed by atoms with van der Waals surface area (Å²) in [6, 6.07) is 0.739. The van der Waals surface area contributed by atoms with Crippen molar-refractivity contribution in [2.75, 3.05) is 13.1 Å². The maximum absolute atomic E-state index is 10.2. The van der Waals surface area contributed by atoms with Crippen LogP contribution in [0, 0.1) is 5.92 Å². The Labute approximate surface area is 78.0 Å². The highest BCUT2D eigenvalue weighted by molar-refractivity contribution is 5.79. The Bertz CT molecular complexity index is 237. The number of nitrogens with zero attached hydrogens (tertiary/aromatic N) is 1. The van der Waals surface area contributed by atoms with Crippen LogP contribution in [0.1, 0.15) is 19.3 Å². The van der Waals surface area contributed by atoms with Crippen molar-refractivity contribution in [3.05, 3.63) is 12.2 Å². The van der Waals surface area contributed by atoms with E-state index in [2.05, 4.69) is 4.90 Å².